The second-order valence-corrected chi connectivity index (χ2v) is 10.7. The number of hydrogen-bond acceptors (Lipinski definition) is 4. The third-order valence-electron chi connectivity index (χ3n) is 4.99. The van der Waals surface area contributed by atoms with E-state index in [4.69, 9.17) is 4.74 Å². The Morgan fingerprint density at radius 3 is 2.24 bits per heavy atom. The number of aryl methyl sites for hydroxylation is 1. The van der Waals surface area contributed by atoms with Gasteiger partial charge in [-0.2, -0.15) is 0 Å². The van der Waals surface area contributed by atoms with Crippen molar-refractivity contribution in [3.05, 3.63) is 70.5 Å². The molecule has 3 N–H and O–H groups in total. The molecule has 0 unspecified atom stereocenters. The van der Waals surface area contributed by atoms with Crippen LogP contribution in [0.2, 0.25) is 0 Å². The molecule has 0 saturated heterocycles. The minimum Gasteiger partial charge on any atom is -0.444 e. The third-order valence-corrected chi connectivity index (χ3v) is 4.99. The minimum atomic E-state index is -1.10. The first-order valence-corrected chi connectivity index (χ1v) is 11.5. The fraction of sp³-hybridized carbons (Fsp3) is 0.481. The van der Waals surface area contributed by atoms with Crippen LogP contribution >= 0.6 is 0 Å². The molecule has 186 valence electrons. The van der Waals surface area contributed by atoms with E-state index in [1.165, 1.54) is 6.07 Å². The standard InChI is InChI=1S/C27H37FN2O4/c1-17-12-13-18(20(14-17)24(32)30-26(2,3)4)16-23(31)22(29-25(33)34-27(5,6)7)15-19-10-8-9-11-21(19)28/h8-14,22-23,31H,15-16H2,1-7H3,(H,29,33)(H,30,32)/t22-,23+/m1/s1. The van der Waals surface area contributed by atoms with E-state index in [-0.39, 0.29) is 18.7 Å². The van der Waals surface area contributed by atoms with Crippen molar-refractivity contribution in [3.63, 3.8) is 0 Å². The zero-order chi connectivity index (χ0) is 25.7. The van der Waals surface area contributed by atoms with Gasteiger partial charge in [-0.3, -0.25) is 4.79 Å². The highest BCUT2D eigenvalue weighted by atomic mass is 19.1. The molecule has 0 saturated carbocycles. The molecular formula is C27H37FN2O4. The number of halogens is 1. The Bertz CT molecular complexity index is 1010. The molecule has 2 rings (SSSR count). The lowest BCUT2D eigenvalue weighted by molar-refractivity contribution is 0.0421. The van der Waals surface area contributed by atoms with E-state index >= 15 is 0 Å². The van der Waals surface area contributed by atoms with E-state index in [9.17, 15) is 19.1 Å². The lowest BCUT2D eigenvalue weighted by atomic mass is 9.92. The topological polar surface area (TPSA) is 87.7 Å². The molecule has 0 aliphatic rings. The Kier molecular flexibility index (Phi) is 8.83. The van der Waals surface area contributed by atoms with Crippen LogP contribution in [-0.2, 0) is 17.6 Å². The van der Waals surface area contributed by atoms with Gasteiger partial charge < -0.3 is 20.5 Å². The first-order chi connectivity index (χ1) is 15.6. The van der Waals surface area contributed by atoms with Crippen LogP contribution in [0.4, 0.5) is 9.18 Å². The number of carbonyl (C=O) groups excluding carboxylic acids is 2. The van der Waals surface area contributed by atoms with Crippen LogP contribution in [0.3, 0.4) is 0 Å². The van der Waals surface area contributed by atoms with Crippen molar-refractivity contribution in [2.75, 3.05) is 0 Å². The van der Waals surface area contributed by atoms with E-state index in [1.54, 1.807) is 51.1 Å². The van der Waals surface area contributed by atoms with Crippen LogP contribution in [0.25, 0.3) is 0 Å². The molecule has 2 atom stereocenters. The predicted octanol–water partition coefficient (Wildman–Crippen LogP) is 4.70. The molecule has 6 nitrogen and oxygen atoms in total. The Morgan fingerprint density at radius 1 is 1.00 bits per heavy atom. The lowest BCUT2D eigenvalue weighted by Crippen LogP contribution is -2.48. The number of aliphatic hydroxyl groups is 1. The molecule has 0 bridgehead atoms. The Balaban J connectivity index is 2.32. The van der Waals surface area contributed by atoms with Gasteiger partial charge in [-0.15, -0.1) is 0 Å². The van der Waals surface area contributed by atoms with Crippen molar-refractivity contribution < 1.29 is 23.8 Å². The monoisotopic (exact) mass is 472 g/mol. The van der Waals surface area contributed by atoms with Crippen molar-refractivity contribution in [2.45, 2.75) is 84.6 Å². The van der Waals surface area contributed by atoms with Crippen molar-refractivity contribution in [2.24, 2.45) is 0 Å². The number of carbonyl (C=O) groups is 2. The molecule has 2 aromatic rings. The maximum absolute atomic E-state index is 14.3. The van der Waals surface area contributed by atoms with Crippen molar-refractivity contribution in [3.8, 4) is 0 Å². The summed E-state index contributed by atoms with van der Waals surface area (Å²) < 4.78 is 19.7. The SMILES string of the molecule is Cc1ccc(C[C@H](O)[C@@H](Cc2ccccc2F)NC(=O)OC(C)(C)C)c(C(=O)NC(C)(C)C)c1. The second kappa shape index (κ2) is 11.0. The van der Waals surface area contributed by atoms with E-state index in [0.29, 0.717) is 16.7 Å². The van der Waals surface area contributed by atoms with Gasteiger partial charge in [0.25, 0.3) is 5.91 Å². The van der Waals surface area contributed by atoms with Gasteiger partial charge in [-0.05, 0) is 78.1 Å². The average molecular weight is 473 g/mol. The first kappa shape index (κ1) is 27.3. The molecule has 0 radical (unpaired) electrons. The molecule has 0 heterocycles. The normalized spacial score (nSPS) is 13.7. The van der Waals surface area contributed by atoms with Gasteiger partial charge in [-0.25, -0.2) is 9.18 Å². The number of hydrogen-bond donors (Lipinski definition) is 3. The maximum atomic E-state index is 14.3. The molecule has 2 aromatic carbocycles. The summed E-state index contributed by atoms with van der Waals surface area (Å²) >= 11 is 0. The van der Waals surface area contributed by atoms with Gasteiger partial charge >= 0.3 is 6.09 Å². The smallest absolute Gasteiger partial charge is 0.407 e. The summed E-state index contributed by atoms with van der Waals surface area (Å²) in [6.07, 6.45) is -1.66. The highest BCUT2D eigenvalue weighted by molar-refractivity contribution is 5.96. The van der Waals surface area contributed by atoms with Crippen molar-refractivity contribution in [1.82, 2.24) is 10.6 Å². The van der Waals surface area contributed by atoms with Gasteiger partial charge in [-0.1, -0.05) is 35.9 Å². The maximum Gasteiger partial charge on any atom is 0.407 e. The van der Waals surface area contributed by atoms with Gasteiger partial charge in [0.2, 0.25) is 0 Å². The number of rotatable bonds is 7. The molecule has 0 aromatic heterocycles. The Labute approximate surface area is 201 Å². The minimum absolute atomic E-state index is 0.0580. The summed E-state index contributed by atoms with van der Waals surface area (Å²) in [6, 6.07) is 10.8. The van der Waals surface area contributed by atoms with Gasteiger partial charge in [0.05, 0.1) is 12.1 Å². The van der Waals surface area contributed by atoms with E-state index in [1.807, 2.05) is 33.8 Å². The summed E-state index contributed by atoms with van der Waals surface area (Å²) in [7, 11) is 0. The van der Waals surface area contributed by atoms with Crippen LogP contribution in [0.5, 0.6) is 0 Å². The van der Waals surface area contributed by atoms with Gasteiger partial charge in [0, 0.05) is 17.5 Å². The zero-order valence-electron chi connectivity index (χ0n) is 21.2. The summed E-state index contributed by atoms with van der Waals surface area (Å²) in [4.78, 5) is 25.4. The largest absolute Gasteiger partial charge is 0.444 e. The third kappa shape index (κ3) is 8.78. The van der Waals surface area contributed by atoms with Gasteiger partial charge in [0.1, 0.15) is 11.4 Å². The first-order valence-electron chi connectivity index (χ1n) is 11.5. The highest BCUT2D eigenvalue weighted by Gasteiger charge is 2.28. The molecule has 0 aliphatic heterocycles. The van der Waals surface area contributed by atoms with E-state index in [0.717, 1.165) is 5.56 Å². The number of ether oxygens (including phenoxy) is 1. The summed E-state index contributed by atoms with van der Waals surface area (Å²) in [5.41, 5.74) is 1.19. The predicted molar refractivity (Wildman–Crippen MR) is 131 cm³/mol. The van der Waals surface area contributed by atoms with Crippen molar-refractivity contribution >= 4 is 12.0 Å². The zero-order valence-corrected chi connectivity index (χ0v) is 21.2. The fourth-order valence-electron chi connectivity index (χ4n) is 3.50. The van der Waals surface area contributed by atoms with Crippen LogP contribution in [0, 0.1) is 12.7 Å². The van der Waals surface area contributed by atoms with Crippen LogP contribution in [-0.4, -0.2) is 40.4 Å². The molecule has 34 heavy (non-hydrogen) atoms. The summed E-state index contributed by atoms with van der Waals surface area (Å²) in [5, 5.41) is 16.8. The average Bonchev–Trinajstić information content (AvgIpc) is 2.67. The van der Waals surface area contributed by atoms with E-state index < -0.39 is 35.2 Å². The van der Waals surface area contributed by atoms with Crippen LogP contribution < -0.4 is 10.6 Å². The Hall–Kier alpha value is -2.93. The molecule has 2 amide bonds. The Morgan fingerprint density at radius 2 is 1.65 bits per heavy atom. The summed E-state index contributed by atoms with van der Waals surface area (Å²) in [6.45, 7) is 12.8. The van der Waals surface area contributed by atoms with Crippen LogP contribution in [0.15, 0.2) is 42.5 Å². The number of amides is 2. The summed E-state index contributed by atoms with van der Waals surface area (Å²) in [5.74, 6) is -0.671. The highest BCUT2D eigenvalue weighted by Crippen LogP contribution is 2.19. The van der Waals surface area contributed by atoms with E-state index in [2.05, 4.69) is 10.6 Å². The molecule has 7 heteroatoms. The number of benzene rings is 2. The molecule has 0 fully saturated rings. The lowest BCUT2D eigenvalue weighted by Gasteiger charge is -2.28. The second-order valence-electron chi connectivity index (χ2n) is 10.7. The molecule has 0 spiro atoms. The molecule has 0 aliphatic carbocycles. The number of aliphatic hydroxyl groups excluding tert-OH is 1. The quantitative estimate of drug-likeness (QED) is 0.545. The van der Waals surface area contributed by atoms with Crippen molar-refractivity contribution in [1.29, 1.82) is 0 Å². The molecular weight excluding hydrogens is 435 g/mol. The van der Waals surface area contributed by atoms with Gasteiger partial charge in [0.15, 0.2) is 0 Å². The number of nitrogens with one attached hydrogen (secondary N) is 2. The van der Waals surface area contributed by atoms with Crippen LogP contribution in [0.1, 0.15) is 68.6 Å². The fourth-order valence-corrected chi connectivity index (χ4v) is 3.50. The number of alkyl carbamates (subject to hydrolysis) is 1.